The SMILES string of the molecule is Cc1nn(-c2ccccc2)cc1CNC1CCCc2occc21. The lowest BCUT2D eigenvalue weighted by atomic mass is 9.93. The van der Waals surface area contributed by atoms with E-state index in [9.17, 15) is 0 Å². The Bertz CT molecular complexity index is 788. The van der Waals surface area contributed by atoms with Crippen LogP contribution in [0.2, 0.25) is 0 Å². The fraction of sp³-hybridized carbons (Fsp3) is 0.316. The number of nitrogens with zero attached hydrogens (tertiary/aromatic N) is 2. The minimum atomic E-state index is 0.386. The fourth-order valence-electron chi connectivity index (χ4n) is 3.31. The second-order valence-electron chi connectivity index (χ2n) is 6.14. The molecule has 0 radical (unpaired) electrons. The fourth-order valence-corrected chi connectivity index (χ4v) is 3.31. The van der Waals surface area contributed by atoms with E-state index < -0.39 is 0 Å². The van der Waals surface area contributed by atoms with E-state index in [1.807, 2.05) is 29.1 Å². The van der Waals surface area contributed by atoms with Gasteiger partial charge in [0.05, 0.1) is 17.6 Å². The molecule has 0 amide bonds. The molecule has 1 N–H and O–H groups in total. The van der Waals surface area contributed by atoms with Crippen molar-refractivity contribution in [3.8, 4) is 5.69 Å². The van der Waals surface area contributed by atoms with Gasteiger partial charge in [0.25, 0.3) is 0 Å². The number of aromatic nitrogens is 2. The number of hydrogen-bond acceptors (Lipinski definition) is 3. The summed E-state index contributed by atoms with van der Waals surface area (Å²) in [5.41, 5.74) is 4.73. The van der Waals surface area contributed by atoms with Crippen molar-refractivity contribution < 1.29 is 4.42 Å². The van der Waals surface area contributed by atoms with Crippen LogP contribution in [0.15, 0.2) is 53.3 Å². The van der Waals surface area contributed by atoms with E-state index in [0.29, 0.717) is 6.04 Å². The highest BCUT2D eigenvalue weighted by Crippen LogP contribution is 2.30. The van der Waals surface area contributed by atoms with E-state index in [2.05, 4.69) is 41.7 Å². The highest BCUT2D eigenvalue weighted by Gasteiger charge is 2.22. The molecule has 1 aliphatic carbocycles. The number of benzene rings is 1. The van der Waals surface area contributed by atoms with Gasteiger partial charge >= 0.3 is 0 Å². The van der Waals surface area contributed by atoms with Crippen molar-refractivity contribution in [1.82, 2.24) is 15.1 Å². The lowest BCUT2D eigenvalue weighted by Gasteiger charge is -2.22. The van der Waals surface area contributed by atoms with Gasteiger partial charge in [-0.1, -0.05) is 18.2 Å². The maximum atomic E-state index is 5.57. The maximum absolute atomic E-state index is 5.57. The van der Waals surface area contributed by atoms with Gasteiger partial charge in [-0.05, 0) is 38.0 Å². The monoisotopic (exact) mass is 307 g/mol. The standard InChI is InChI=1S/C19H21N3O/c1-14-15(13-22(21-14)16-6-3-2-4-7-16)12-20-18-8-5-9-19-17(18)10-11-23-19/h2-4,6-7,10-11,13,18,20H,5,8-9,12H2,1H3. The Balaban J connectivity index is 1.49. The molecule has 0 aliphatic heterocycles. The number of hydrogen-bond donors (Lipinski definition) is 1. The number of fused-ring (bicyclic) bond motifs is 1. The Labute approximate surface area is 136 Å². The van der Waals surface area contributed by atoms with Gasteiger partial charge < -0.3 is 9.73 Å². The van der Waals surface area contributed by atoms with Crippen molar-refractivity contribution in [1.29, 1.82) is 0 Å². The topological polar surface area (TPSA) is 43.0 Å². The maximum Gasteiger partial charge on any atom is 0.108 e. The predicted molar refractivity (Wildman–Crippen MR) is 89.5 cm³/mol. The van der Waals surface area contributed by atoms with Gasteiger partial charge in [-0.25, -0.2) is 4.68 Å². The molecule has 0 fully saturated rings. The van der Waals surface area contributed by atoms with E-state index in [4.69, 9.17) is 4.42 Å². The van der Waals surface area contributed by atoms with Crippen molar-refractivity contribution in [3.63, 3.8) is 0 Å². The normalized spacial score (nSPS) is 17.2. The van der Waals surface area contributed by atoms with Crippen LogP contribution in [-0.4, -0.2) is 9.78 Å². The van der Waals surface area contributed by atoms with Gasteiger partial charge in [-0.3, -0.25) is 0 Å². The summed E-state index contributed by atoms with van der Waals surface area (Å²) < 4.78 is 7.52. The van der Waals surface area contributed by atoms with Gasteiger partial charge in [-0.2, -0.15) is 5.10 Å². The molecule has 4 rings (SSSR count). The molecule has 2 heterocycles. The van der Waals surface area contributed by atoms with Crippen molar-refractivity contribution in [2.75, 3.05) is 0 Å². The molecule has 0 saturated carbocycles. The smallest absolute Gasteiger partial charge is 0.108 e. The first-order chi connectivity index (χ1) is 11.3. The van der Waals surface area contributed by atoms with Crippen LogP contribution in [0, 0.1) is 6.92 Å². The molecular formula is C19H21N3O. The molecule has 23 heavy (non-hydrogen) atoms. The Morgan fingerprint density at radius 3 is 3.00 bits per heavy atom. The van der Waals surface area contributed by atoms with Crippen LogP contribution in [0.3, 0.4) is 0 Å². The third-order valence-electron chi connectivity index (χ3n) is 4.61. The average Bonchev–Trinajstić information content (AvgIpc) is 3.20. The lowest BCUT2D eigenvalue weighted by molar-refractivity contribution is 0.410. The Hall–Kier alpha value is -2.33. The molecule has 1 aliphatic rings. The summed E-state index contributed by atoms with van der Waals surface area (Å²) >= 11 is 0. The summed E-state index contributed by atoms with van der Waals surface area (Å²) in [6.45, 7) is 2.90. The quantitative estimate of drug-likeness (QED) is 0.794. The summed E-state index contributed by atoms with van der Waals surface area (Å²) in [6, 6.07) is 12.7. The molecule has 4 nitrogen and oxygen atoms in total. The van der Waals surface area contributed by atoms with Crippen molar-refractivity contribution in [2.24, 2.45) is 0 Å². The van der Waals surface area contributed by atoms with E-state index >= 15 is 0 Å². The van der Waals surface area contributed by atoms with Crippen LogP contribution >= 0.6 is 0 Å². The Morgan fingerprint density at radius 2 is 2.13 bits per heavy atom. The van der Waals surface area contributed by atoms with Crippen molar-refractivity contribution in [2.45, 2.75) is 38.8 Å². The van der Waals surface area contributed by atoms with Gasteiger partial charge in [0.1, 0.15) is 5.76 Å². The first-order valence-corrected chi connectivity index (χ1v) is 8.21. The highest BCUT2D eigenvalue weighted by atomic mass is 16.3. The molecule has 1 unspecified atom stereocenters. The molecule has 0 saturated heterocycles. The van der Waals surface area contributed by atoms with Crippen LogP contribution in [0.1, 0.15) is 41.5 Å². The van der Waals surface area contributed by atoms with E-state index in [-0.39, 0.29) is 0 Å². The molecule has 118 valence electrons. The number of aryl methyl sites for hydroxylation is 2. The molecule has 2 aromatic heterocycles. The molecule has 1 aromatic carbocycles. The van der Waals surface area contributed by atoms with Crippen LogP contribution in [0.5, 0.6) is 0 Å². The summed E-state index contributed by atoms with van der Waals surface area (Å²) in [5.74, 6) is 1.14. The molecule has 0 spiro atoms. The zero-order valence-electron chi connectivity index (χ0n) is 13.3. The van der Waals surface area contributed by atoms with Crippen molar-refractivity contribution >= 4 is 0 Å². The molecule has 0 bridgehead atoms. The van der Waals surface area contributed by atoms with E-state index in [1.165, 1.54) is 24.0 Å². The zero-order valence-corrected chi connectivity index (χ0v) is 13.3. The summed E-state index contributed by atoms with van der Waals surface area (Å²) in [7, 11) is 0. The number of furan rings is 1. The third kappa shape index (κ3) is 2.82. The number of rotatable bonds is 4. The minimum absolute atomic E-state index is 0.386. The third-order valence-corrected chi connectivity index (χ3v) is 4.61. The van der Waals surface area contributed by atoms with Crippen LogP contribution < -0.4 is 5.32 Å². The minimum Gasteiger partial charge on any atom is -0.469 e. The van der Waals surface area contributed by atoms with Crippen LogP contribution in [-0.2, 0) is 13.0 Å². The van der Waals surface area contributed by atoms with E-state index in [0.717, 1.165) is 30.1 Å². The second kappa shape index (κ2) is 6.05. The first-order valence-electron chi connectivity index (χ1n) is 8.21. The van der Waals surface area contributed by atoms with Gasteiger partial charge in [0.15, 0.2) is 0 Å². The van der Waals surface area contributed by atoms with Crippen LogP contribution in [0.4, 0.5) is 0 Å². The zero-order chi connectivity index (χ0) is 15.6. The van der Waals surface area contributed by atoms with Crippen molar-refractivity contribution in [3.05, 3.63) is 71.4 Å². The highest BCUT2D eigenvalue weighted by molar-refractivity contribution is 5.32. The molecule has 1 atom stereocenters. The van der Waals surface area contributed by atoms with E-state index in [1.54, 1.807) is 0 Å². The average molecular weight is 307 g/mol. The van der Waals surface area contributed by atoms with Gasteiger partial charge in [0.2, 0.25) is 0 Å². The number of para-hydroxylation sites is 1. The second-order valence-corrected chi connectivity index (χ2v) is 6.14. The molecule has 3 aromatic rings. The van der Waals surface area contributed by atoms with Crippen LogP contribution in [0.25, 0.3) is 5.69 Å². The molecule has 4 heteroatoms. The molecular weight excluding hydrogens is 286 g/mol. The first kappa shape index (κ1) is 14.3. The summed E-state index contributed by atoms with van der Waals surface area (Å²) in [6.07, 6.45) is 7.34. The number of nitrogens with one attached hydrogen (secondary N) is 1. The predicted octanol–water partition coefficient (Wildman–Crippen LogP) is 3.94. The largest absolute Gasteiger partial charge is 0.469 e. The Morgan fingerprint density at radius 1 is 1.26 bits per heavy atom. The summed E-state index contributed by atoms with van der Waals surface area (Å²) in [5, 5.41) is 8.31. The summed E-state index contributed by atoms with van der Waals surface area (Å²) in [4.78, 5) is 0. The lowest BCUT2D eigenvalue weighted by Crippen LogP contribution is -2.24. The Kier molecular flexibility index (Phi) is 3.75. The van der Waals surface area contributed by atoms with Gasteiger partial charge in [0, 0.05) is 36.3 Å². The van der Waals surface area contributed by atoms with Gasteiger partial charge in [-0.15, -0.1) is 0 Å².